The van der Waals surface area contributed by atoms with E-state index in [4.69, 9.17) is 5.11 Å². The molecule has 2 rings (SSSR count). The molecule has 1 N–H and O–H groups in total. The van der Waals surface area contributed by atoms with Crippen molar-refractivity contribution in [3.63, 3.8) is 0 Å². The Hall–Kier alpha value is -2.10. The van der Waals surface area contributed by atoms with Crippen LogP contribution in [0.2, 0.25) is 0 Å². The predicted molar refractivity (Wildman–Crippen MR) is 71.8 cm³/mol. The van der Waals surface area contributed by atoms with E-state index in [1.165, 1.54) is 5.56 Å². The van der Waals surface area contributed by atoms with Crippen molar-refractivity contribution >= 4 is 11.9 Å². The summed E-state index contributed by atoms with van der Waals surface area (Å²) in [4.78, 5) is 23.8. The minimum Gasteiger partial charge on any atom is -0.478 e. The van der Waals surface area contributed by atoms with Gasteiger partial charge in [0.25, 0.3) is 0 Å². The smallest absolute Gasteiger partial charge is 0.328 e. The van der Waals surface area contributed by atoms with E-state index < -0.39 is 5.97 Å². The maximum absolute atomic E-state index is 11.7. The van der Waals surface area contributed by atoms with Crippen molar-refractivity contribution in [3.05, 3.63) is 48.0 Å². The van der Waals surface area contributed by atoms with Crippen LogP contribution >= 0.6 is 0 Å². The number of aliphatic carboxylic acids is 1. The highest BCUT2D eigenvalue weighted by Gasteiger charge is 2.22. The van der Waals surface area contributed by atoms with Gasteiger partial charge in [0.05, 0.1) is 0 Å². The van der Waals surface area contributed by atoms with Gasteiger partial charge in [0, 0.05) is 25.2 Å². The van der Waals surface area contributed by atoms with E-state index in [0.717, 1.165) is 25.0 Å². The van der Waals surface area contributed by atoms with Gasteiger partial charge in [0.1, 0.15) is 0 Å². The van der Waals surface area contributed by atoms with Crippen molar-refractivity contribution in [2.75, 3.05) is 13.1 Å². The van der Waals surface area contributed by atoms with Gasteiger partial charge in [-0.15, -0.1) is 0 Å². The Kier molecular flexibility index (Phi) is 4.34. The standard InChI is InChI=1S/C15H17NO3/c17-14(6-7-15(18)19)16-10-8-13(9-11-16)12-4-2-1-3-5-12/h1-7,13H,8-11H2,(H,18,19)/b7-6+. The van der Waals surface area contributed by atoms with Crippen molar-refractivity contribution in [1.29, 1.82) is 0 Å². The molecule has 0 radical (unpaired) electrons. The fraction of sp³-hybridized carbons (Fsp3) is 0.333. The first-order valence-electron chi connectivity index (χ1n) is 6.41. The summed E-state index contributed by atoms with van der Waals surface area (Å²) in [6, 6.07) is 10.3. The van der Waals surface area contributed by atoms with Crippen molar-refractivity contribution in [2.45, 2.75) is 18.8 Å². The molecule has 1 aliphatic rings. The van der Waals surface area contributed by atoms with Crippen LogP contribution in [-0.4, -0.2) is 35.0 Å². The summed E-state index contributed by atoms with van der Waals surface area (Å²) in [5.74, 6) is -0.810. The number of amides is 1. The molecule has 0 saturated carbocycles. The van der Waals surface area contributed by atoms with Crippen molar-refractivity contribution in [1.82, 2.24) is 4.90 Å². The van der Waals surface area contributed by atoms with Gasteiger partial charge in [0.15, 0.2) is 0 Å². The SMILES string of the molecule is O=C(O)/C=C/C(=O)N1CCC(c2ccccc2)CC1. The molecule has 1 aromatic carbocycles. The number of hydrogen-bond donors (Lipinski definition) is 1. The second-order valence-corrected chi connectivity index (χ2v) is 4.68. The van der Waals surface area contributed by atoms with Gasteiger partial charge in [-0.1, -0.05) is 30.3 Å². The number of piperidine rings is 1. The molecule has 4 heteroatoms. The van der Waals surface area contributed by atoms with Gasteiger partial charge in [-0.25, -0.2) is 4.79 Å². The zero-order valence-corrected chi connectivity index (χ0v) is 10.7. The van der Waals surface area contributed by atoms with Gasteiger partial charge in [-0.3, -0.25) is 4.79 Å². The van der Waals surface area contributed by atoms with Gasteiger partial charge < -0.3 is 10.0 Å². The Bertz CT molecular complexity index is 473. The fourth-order valence-electron chi connectivity index (χ4n) is 2.41. The topological polar surface area (TPSA) is 57.6 Å². The Morgan fingerprint density at radius 3 is 2.32 bits per heavy atom. The minimum atomic E-state index is -1.09. The van der Waals surface area contributed by atoms with Crippen LogP contribution in [0, 0.1) is 0 Å². The number of hydrogen-bond acceptors (Lipinski definition) is 2. The largest absolute Gasteiger partial charge is 0.478 e. The first-order chi connectivity index (χ1) is 9.16. The third-order valence-corrected chi connectivity index (χ3v) is 3.45. The molecular weight excluding hydrogens is 242 g/mol. The van der Waals surface area contributed by atoms with E-state index in [0.29, 0.717) is 19.0 Å². The maximum atomic E-state index is 11.7. The van der Waals surface area contributed by atoms with Crippen molar-refractivity contribution in [2.24, 2.45) is 0 Å². The summed E-state index contributed by atoms with van der Waals surface area (Å²) in [7, 11) is 0. The molecule has 1 fully saturated rings. The van der Waals surface area contributed by atoms with Crippen LogP contribution in [0.15, 0.2) is 42.5 Å². The number of carbonyl (C=O) groups is 2. The first kappa shape index (κ1) is 13.3. The molecule has 4 nitrogen and oxygen atoms in total. The van der Waals surface area contributed by atoms with E-state index in [2.05, 4.69) is 12.1 Å². The summed E-state index contributed by atoms with van der Waals surface area (Å²) < 4.78 is 0. The molecule has 0 atom stereocenters. The van der Waals surface area contributed by atoms with Crippen LogP contribution in [0.25, 0.3) is 0 Å². The highest BCUT2D eigenvalue weighted by atomic mass is 16.4. The van der Waals surface area contributed by atoms with Crippen LogP contribution in [0.5, 0.6) is 0 Å². The Labute approximate surface area is 112 Å². The van der Waals surface area contributed by atoms with Gasteiger partial charge in [-0.2, -0.15) is 0 Å². The summed E-state index contributed by atoms with van der Waals surface area (Å²) in [6.45, 7) is 1.37. The molecule has 0 aromatic heterocycles. The summed E-state index contributed by atoms with van der Waals surface area (Å²) >= 11 is 0. The van der Waals surface area contributed by atoms with Gasteiger partial charge in [-0.05, 0) is 24.3 Å². The second-order valence-electron chi connectivity index (χ2n) is 4.68. The molecule has 0 unspecified atom stereocenters. The van der Waals surface area contributed by atoms with Crippen molar-refractivity contribution in [3.8, 4) is 0 Å². The van der Waals surface area contributed by atoms with E-state index in [-0.39, 0.29) is 5.91 Å². The lowest BCUT2D eigenvalue weighted by Gasteiger charge is -2.31. The van der Waals surface area contributed by atoms with E-state index in [9.17, 15) is 9.59 Å². The highest BCUT2D eigenvalue weighted by Crippen LogP contribution is 2.27. The van der Waals surface area contributed by atoms with E-state index >= 15 is 0 Å². The van der Waals surface area contributed by atoms with Crippen LogP contribution < -0.4 is 0 Å². The van der Waals surface area contributed by atoms with Crippen LogP contribution in [0.1, 0.15) is 24.3 Å². The molecule has 0 aliphatic carbocycles. The number of carboxylic acids is 1. The Morgan fingerprint density at radius 1 is 1.11 bits per heavy atom. The minimum absolute atomic E-state index is 0.214. The molecule has 1 heterocycles. The molecule has 19 heavy (non-hydrogen) atoms. The molecule has 0 spiro atoms. The van der Waals surface area contributed by atoms with E-state index in [1.54, 1.807) is 4.90 Å². The van der Waals surface area contributed by atoms with Crippen molar-refractivity contribution < 1.29 is 14.7 Å². The normalized spacial score (nSPS) is 16.7. The van der Waals surface area contributed by atoms with E-state index in [1.807, 2.05) is 18.2 Å². The summed E-state index contributed by atoms with van der Waals surface area (Å²) in [6.07, 6.45) is 3.88. The zero-order valence-electron chi connectivity index (χ0n) is 10.7. The number of likely N-dealkylation sites (tertiary alicyclic amines) is 1. The summed E-state index contributed by atoms with van der Waals surface area (Å²) in [5, 5.41) is 8.49. The van der Waals surface area contributed by atoms with Crippen LogP contribution in [-0.2, 0) is 9.59 Å². The third-order valence-electron chi connectivity index (χ3n) is 3.45. The number of rotatable bonds is 3. The van der Waals surface area contributed by atoms with Crippen LogP contribution in [0.4, 0.5) is 0 Å². The van der Waals surface area contributed by atoms with Gasteiger partial charge >= 0.3 is 5.97 Å². The number of carbonyl (C=O) groups excluding carboxylic acids is 1. The number of benzene rings is 1. The molecule has 1 amide bonds. The first-order valence-corrected chi connectivity index (χ1v) is 6.41. The average molecular weight is 259 g/mol. The van der Waals surface area contributed by atoms with Crippen LogP contribution in [0.3, 0.4) is 0 Å². The predicted octanol–water partition coefficient (Wildman–Crippen LogP) is 2.03. The molecule has 1 aromatic rings. The Morgan fingerprint density at radius 2 is 1.74 bits per heavy atom. The molecule has 1 saturated heterocycles. The third kappa shape index (κ3) is 3.68. The average Bonchev–Trinajstić information content (AvgIpc) is 2.46. The lowest BCUT2D eigenvalue weighted by Crippen LogP contribution is -2.36. The quantitative estimate of drug-likeness (QED) is 0.845. The molecule has 0 bridgehead atoms. The van der Waals surface area contributed by atoms with Gasteiger partial charge in [0.2, 0.25) is 5.91 Å². The number of nitrogens with zero attached hydrogens (tertiary/aromatic N) is 1. The molecule has 100 valence electrons. The molecule has 1 aliphatic heterocycles. The lowest BCUT2D eigenvalue weighted by molar-refractivity contribution is -0.132. The fourth-order valence-corrected chi connectivity index (χ4v) is 2.41. The summed E-state index contributed by atoms with van der Waals surface area (Å²) in [5.41, 5.74) is 1.32. The highest BCUT2D eigenvalue weighted by molar-refractivity contribution is 5.93. The molecular formula is C15H17NO3. The zero-order chi connectivity index (χ0) is 13.7. The second kappa shape index (κ2) is 6.18. The maximum Gasteiger partial charge on any atom is 0.328 e. The Balaban J connectivity index is 1.89. The lowest BCUT2D eigenvalue weighted by atomic mass is 9.89. The monoisotopic (exact) mass is 259 g/mol. The number of carboxylic acid groups (broad SMARTS) is 1.